The number of imide groups is 1. The summed E-state index contributed by atoms with van der Waals surface area (Å²) in [6.07, 6.45) is 0. The van der Waals surface area contributed by atoms with Gasteiger partial charge in [0, 0.05) is 12.6 Å². The van der Waals surface area contributed by atoms with Gasteiger partial charge in [-0.2, -0.15) is 0 Å². The molecule has 3 aromatic rings. The lowest BCUT2D eigenvalue weighted by atomic mass is 10.1. The van der Waals surface area contributed by atoms with Gasteiger partial charge in [-0.3, -0.25) is 10.1 Å². The Bertz CT molecular complexity index is 931. The van der Waals surface area contributed by atoms with Gasteiger partial charge in [-0.1, -0.05) is 30.3 Å². The van der Waals surface area contributed by atoms with Gasteiger partial charge < -0.3 is 9.73 Å². The van der Waals surface area contributed by atoms with Crippen LogP contribution in [0.3, 0.4) is 0 Å². The molecule has 0 unspecified atom stereocenters. The van der Waals surface area contributed by atoms with Crippen LogP contribution in [0.4, 0.5) is 9.18 Å². The summed E-state index contributed by atoms with van der Waals surface area (Å²) in [5, 5.41) is 11.8. The van der Waals surface area contributed by atoms with Crippen LogP contribution in [0.2, 0.25) is 0 Å². The predicted molar refractivity (Wildman–Crippen MR) is 97.3 cm³/mol. The largest absolute Gasteiger partial charge is 0.411 e. The molecule has 3 rings (SSSR count). The quantitative estimate of drug-likeness (QED) is 0.654. The normalized spacial score (nSPS) is 11.6. The first-order valence-electron chi connectivity index (χ1n) is 7.90. The highest BCUT2D eigenvalue weighted by Crippen LogP contribution is 2.35. The maximum absolute atomic E-state index is 13.0. The molecule has 9 heteroatoms. The lowest BCUT2D eigenvalue weighted by Crippen LogP contribution is -2.39. The SMILES string of the molecule is CNC(=O)NC(=O)[C@H](Sc1nnc(-c2ccc(F)cc2)o1)c1ccccc1. The zero-order chi connectivity index (χ0) is 19.2. The Morgan fingerprint density at radius 1 is 1.07 bits per heavy atom. The van der Waals surface area contributed by atoms with Crippen molar-refractivity contribution in [3.05, 3.63) is 66.0 Å². The molecule has 3 amide bonds. The van der Waals surface area contributed by atoms with E-state index in [0.717, 1.165) is 11.8 Å². The Morgan fingerprint density at radius 3 is 2.44 bits per heavy atom. The van der Waals surface area contributed by atoms with Crippen LogP contribution in [0.15, 0.2) is 64.2 Å². The monoisotopic (exact) mass is 386 g/mol. The van der Waals surface area contributed by atoms with Gasteiger partial charge >= 0.3 is 6.03 Å². The van der Waals surface area contributed by atoms with Crippen LogP contribution >= 0.6 is 11.8 Å². The van der Waals surface area contributed by atoms with E-state index in [1.807, 2.05) is 6.07 Å². The van der Waals surface area contributed by atoms with E-state index in [1.165, 1.54) is 31.3 Å². The second-order valence-electron chi connectivity index (χ2n) is 5.36. The Morgan fingerprint density at radius 2 is 1.78 bits per heavy atom. The zero-order valence-corrected chi connectivity index (χ0v) is 15.0. The summed E-state index contributed by atoms with van der Waals surface area (Å²) in [5.74, 6) is -0.689. The summed E-state index contributed by atoms with van der Waals surface area (Å²) in [4.78, 5) is 24.0. The van der Waals surface area contributed by atoms with Crippen molar-refractivity contribution in [3.63, 3.8) is 0 Å². The van der Waals surface area contributed by atoms with Gasteiger partial charge in [0.2, 0.25) is 11.8 Å². The molecule has 0 bridgehead atoms. The average Bonchev–Trinajstić information content (AvgIpc) is 3.16. The standard InChI is InChI=1S/C18H15FN4O3S/c1-20-17(25)21-15(24)14(11-5-3-2-4-6-11)27-18-23-22-16(26-18)12-7-9-13(19)10-8-12/h2-10,14H,1H3,(H2,20,21,24,25)/t14-/m1/s1. The second-order valence-corrected chi connectivity index (χ2v) is 6.41. The third-order valence-electron chi connectivity index (χ3n) is 3.52. The zero-order valence-electron chi connectivity index (χ0n) is 14.2. The molecular formula is C18H15FN4O3S. The molecule has 7 nitrogen and oxygen atoms in total. The molecule has 1 heterocycles. The van der Waals surface area contributed by atoms with Crippen LogP contribution in [-0.4, -0.2) is 29.2 Å². The maximum atomic E-state index is 13.0. The molecule has 0 aliphatic heterocycles. The van der Waals surface area contributed by atoms with Gasteiger partial charge in [0.15, 0.2) is 0 Å². The van der Waals surface area contributed by atoms with Crippen molar-refractivity contribution in [2.75, 3.05) is 7.05 Å². The van der Waals surface area contributed by atoms with Crippen LogP contribution in [0.5, 0.6) is 0 Å². The van der Waals surface area contributed by atoms with Crippen LogP contribution < -0.4 is 10.6 Å². The fraction of sp³-hybridized carbons (Fsp3) is 0.111. The van der Waals surface area contributed by atoms with Crippen molar-refractivity contribution in [3.8, 4) is 11.5 Å². The summed E-state index contributed by atoms with van der Waals surface area (Å²) >= 11 is 1.01. The number of carbonyl (C=O) groups excluding carboxylic acids is 2. The first-order chi connectivity index (χ1) is 13.1. The number of carbonyl (C=O) groups is 2. The number of halogens is 1. The predicted octanol–water partition coefficient (Wildman–Crippen LogP) is 3.16. The number of nitrogens with one attached hydrogen (secondary N) is 2. The molecule has 0 radical (unpaired) electrons. The Kier molecular flexibility index (Phi) is 5.82. The number of amides is 3. The molecule has 0 fully saturated rings. The van der Waals surface area contributed by atoms with E-state index >= 15 is 0 Å². The van der Waals surface area contributed by atoms with Gasteiger partial charge in [0.1, 0.15) is 11.1 Å². The third-order valence-corrected chi connectivity index (χ3v) is 4.61. The number of nitrogens with zero attached hydrogens (tertiary/aromatic N) is 2. The van der Waals surface area contributed by atoms with E-state index < -0.39 is 17.2 Å². The van der Waals surface area contributed by atoms with Gasteiger partial charge in [-0.15, -0.1) is 10.2 Å². The Hall–Kier alpha value is -3.20. The molecular weight excluding hydrogens is 371 g/mol. The molecule has 0 aliphatic carbocycles. The van der Waals surface area contributed by atoms with Crippen molar-refractivity contribution in [1.29, 1.82) is 0 Å². The minimum atomic E-state index is -0.773. The van der Waals surface area contributed by atoms with Gasteiger partial charge in [-0.05, 0) is 41.6 Å². The van der Waals surface area contributed by atoms with Gasteiger partial charge in [0.25, 0.3) is 5.22 Å². The minimum Gasteiger partial charge on any atom is -0.411 e. The molecule has 27 heavy (non-hydrogen) atoms. The van der Waals surface area contributed by atoms with Crippen LogP contribution in [0.25, 0.3) is 11.5 Å². The average molecular weight is 386 g/mol. The number of aromatic nitrogens is 2. The molecule has 0 aliphatic rings. The fourth-order valence-corrected chi connectivity index (χ4v) is 3.08. The number of hydrogen-bond acceptors (Lipinski definition) is 6. The third kappa shape index (κ3) is 4.70. The second kappa shape index (κ2) is 8.45. The van der Waals surface area contributed by atoms with Crippen molar-refractivity contribution in [1.82, 2.24) is 20.8 Å². The van der Waals surface area contributed by atoms with Gasteiger partial charge in [-0.25, -0.2) is 9.18 Å². The molecule has 1 aromatic heterocycles. The van der Waals surface area contributed by atoms with Crippen molar-refractivity contribution in [2.24, 2.45) is 0 Å². The van der Waals surface area contributed by atoms with Crippen LogP contribution in [0.1, 0.15) is 10.8 Å². The van der Waals surface area contributed by atoms with Crippen molar-refractivity contribution < 1.29 is 18.4 Å². The molecule has 1 atom stereocenters. The summed E-state index contributed by atoms with van der Waals surface area (Å²) in [6, 6.07) is 13.9. The highest BCUT2D eigenvalue weighted by Gasteiger charge is 2.26. The molecule has 138 valence electrons. The summed E-state index contributed by atoms with van der Waals surface area (Å²) in [5.41, 5.74) is 1.23. The Labute approximate surface area is 158 Å². The fourth-order valence-electron chi connectivity index (χ4n) is 2.21. The highest BCUT2D eigenvalue weighted by molar-refractivity contribution is 8.00. The lowest BCUT2D eigenvalue weighted by Gasteiger charge is -2.14. The van der Waals surface area contributed by atoms with E-state index in [0.29, 0.717) is 11.1 Å². The van der Waals surface area contributed by atoms with E-state index in [1.54, 1.807) is 24.3 Å². The number of thioether (sulfide) groups is 1. The smallest absolute Gasteiger partial charge is 0.321 e. The molecule has 0 saturated heterocycles. The topological polar surface area (TPSA) is 97.1 Å². The van der Waals surface area contributed by atoms with Crippen molar-refractivity contribution in [2.45, 2.75) is 10.5 Å². The van der Waals surface area contributed by atoms with Crippen LogP contribution in [-0.2, 0) is 4.79 Å². The highest BCUT2D eigenvalue weighted by atomic mass is 32.2. The first kappa shape index (κ1) is 18.6. The number of urea groups is 1. The van der Waals surface area contributed by atoms with E-state index in [4.69, 9.17) is 4.42 Å². The maximum Gasteiger partial charge on any atom is 0.321 e. The van der Waals surface area contributed by atoms with Crippen molar-refractivity contribution >= 4 is 23.7 Å². The molecule has 0 spiro atoms. The van der Waals surface area contributed by atoms with Gasteiger partial charge in [0.05, 0.1) is 0 Å². The molecule has 2 aromatic carbocycles. The van der Waals surface area contributed by atoms with E-state index in [-0.39, 0.29) is 16.9 Å². The number of rotatable bonds is 5. The van der Waals surface area contributed by atoms with E-state index in [2.05, 4.69) is 20.8 Å². The minimum absolute atomic E-state index is 0.148. The Balaban J connectivity index is 1.83. The number of hydrogen-bond donors (Lipinski definition) is 2. The summed E-state index contributed by atoms with van der Waals surface area (Å²) < 4.78 is 18.6. The molecule has 2 N–H and O–H groups in total. The summed E-state index contributed by atoms with van der Waals surface area (Å²) in [6.45, 7) is 0. The number of benzene rings is 2. The first-order valence-corrected chi connectivity index (χ1v) is 8.78. The molecule has 0 saturated carbocycles. The van der Waals surface area contributed by atoms with Crippen LogP contribution in [0, 0.1) is 5.82 Å². The van der Waals surface area contributed by atoms with E-state index in [9.17, 15) is 14.0 Å². The summed E-state index contributed by atoms with van der Waals surface area (Å²) in [7, 11) is 1.42. The lowest BCUT2D eigenvalue weighted by molar-refractivity contribution is -0.119.